The van der Waals surface area contributed by atoms with Gasteiger partial charge in [0.15, 0.2) is 0 Å². The molecule has 3 nitrogen and oxygen atoms in total. The topological polar surface area (TPSA) is 44.3 Å². The molecule has 0 amide bonds. The summed E-state index contributed by atoms with van der Waals surface area (Å²) in [6.07, 6.45) is -0.315. The number of aliphatic hydroxyl groups is 1. The molecule has 0 aromatic heterocycles. The number of β-amino-alcohol motifs (C(OH)–C–C–N with tert-alkyl or cyclic N) is 1. The van der Waals surface area contributed by atoms with Gasteiger partial charge in [0.2, 0.25) is 0 Å². The molecule has 3 N–H and O–H groups in total. The molecule has 36 valence electrons. The molecule has 0 bridgehead atoms. The maximum absolute atomic E-state index is 8.56. The zero-order chi connectivity index (χ0) is 4.41. The summed E-state index contributed by atoms with van der Waals surface area (Å²) in [5.41, 5.74) is 0. The Morgan fingerprint density at radius 1 is 1.67 bits per heavy atom. The zero-order valence-corrected chi connectivity index (χ0v) is 3.44. The van der Waals surface area contributed by atoms with Crippen molar-refractivity contribution in [2.75, 3.05) is 13.2 Å². The van der Waals surface area contributed by atoms with Crippen molar-refractivity contribution < 1.29 is 5.11 Å². The first-order valence-corrected chi connectivity index (χ1v) is 2.02. The van der Waals surface area contributed by atoms with Gasteiger partial charge >= 0.3 is 0 Å². The van der Waals surface area contributed by atoms with Crippen molar-refractivity contribution in [3.63, 3.8) is 0 Å². The number of nitrogens with one attached hydrogen (secondary N) is 2. The third-order valence-electron chi connectivity index (χ3n) is 0.800. The average Bonchev–Trinajstić information content (AvgIpc) is 1.86. The van der Waals surface area contributed by atoms with E-state index in [1.54, 1.807) is 0 Å². The van der Waals surface area contributed by atoms with Crippen LogP contribution in [0.3, 0.4) is 0 Å². The van der Waals surface area contributed by atoms with Crippen molar-refractivity contribution in [1.29, 1.82) is 0 Å². The van der Waals surface area contributed by atoms with E-state index in [4.69, 9.17) is 5.11 Å². The summed E-state index contributed by atoms with van der Waals surface area (Å²) >= 11 is 0. The van der Waals surface area contributed by atoms with Gasteiger partial charge in [-0.15, -0.1) is 0 Å². The minimum absolute atomic E-state index is 0.315. The van der Waals surface area contributed by atoms with Gasteiger partial charge in [-0.1, -0.05) is 0 Å². The molecule has 0 aromatic carbocycles. The second-order valence-corrected chi connectivity index (χ2v) is 1.35. The second kappa shape index (κ2) is 1.55. The summed E-state index contributed by atoms with van der Waals surface area (Å²) in [5.74, 6) is 0. The molecule has 0 aliphatic carbocycles. The van der Waals surface area contributed by atoms with Crippen LogP contribution in [0.4, 0.5) is 0 Å². The fourth-order valence-electron chi connectivity index (χ4n) is 0.471. The van der Waals surface area contributed by atoms with E-state index in [-0.39, 0.29) is 6.23 Å². The third-order valence-corrected chi connectivity index (χ3v) is 0.800. The Labute approximate surface area is 36.4 Å². The minimum Gasteiger partial charge on any atom is -0.377 e. The lowest BCUT2D eigenvalue weighted by atomic mass is 10.6. The van der Waals surface area contributed by atoms with Crippen LogP contribution in [0, 0.1) is 0 Å². The van der Waals surface area contributed by atoms with Crippen LogP contribution in [-0.4, -0.2) is 24.5 Å². The molecule has 0 saturated carbocycles. The van der Waals surface area contributed by atoms with Crippen LogP contribution in [0.15, 0.2) is 0 Å². The lowest BCUT2D eigenvalue weighted by molar-refractivity contribution is 0.172. The van der Waals surface area contributed by atoms with Crippen LogP contribution in [0.5, 0.6) is 0 Å². The van der Waals surface area contributed by atoms with E-state index in [1.807, 2.05) is 0 Å². The van der Waals surface area contributed by atoms with Gasteiger partial charge in [0.25, 0.3) is 0 Å². The van der Waals surface area contributed by atoms with Gasteiger partial charge < -0.3 is 10.4 Å². The molecule has 1 rings (SSSR count). The second-order valence-electron chi connectivity index (χ2n) is 1.35. The third kappa shape index (κ3) is 0.680. The number of hydrogen-bond donors (Lipinski definition) is 3. The van der Waals surface area contributed by atoms with Crippen LogP contribution in [0.2, 0.25) is 0 Å². The highest BCUT2D eigenvalue weighted by atomic mass is 16.3. The summed E-state index contributed by atoms with van der Waals surface area (Å²) in [5, 5.41) is 14.2. The molecule has 1 heterocycles. The molecular formula is C3H8N2O. The lowest BCUT2D eigenvalue weighted by Crippen LogP contribution is -2.21. The summed E-state index contributed by atoms with van der Waals surface area (Å²) in [6, 6.07) is 0. The molecule has 1 unspecified atom stereocenters. The highest BCUT2D eigenvalue weighted by Crippen LogP contribution is 1.76. The summed E-state index contributed by atoms with van der Waals surface area (Å²) in [6.45, 7) is 1.42. The quantitative estimate of drug-likeness (QED) is 0.336. The Morgan fingerprint density at radius 3 is 2.67 bits per heavy atom. The predicted molar refractivity (Wildman–Crippen MR) is 22.0 cm³/mol. The highest BCUT2D eigenvalue weighted by molar-refractivity contribution is 4.62. The fraction of sp³-hybridized carbons (Fsp3) is 1.00. The monoisotopic (exact) mass is 88.1 g/mol. The summed E-state index contributed by atoms with van der Waals surface area (Å²) in [4.78, 5) is 0. The normalized spacial score (nSPS) is 34.5. The molecule has 1 atom stereocenters. The van der Waals surface area contributed by atoms with Crippen molar-refractivity contribution in [3.8, 4) is 0 Å². The van der Waals surface area contributed by atoms with Gasteiger partial charge in [0.05, 0.1) is 0 Å². The molecule has 1 aliphatic rings. The molecule has 3 heteroatoms. The van der Waals surface area contributed by atoms with Gasteiger partial charge in [-0.25, -0.2) is 0 Å². The Balaban J connectivity index is 2.18. The number of rotatable bonds is 0. The smallest absolute Gasteiger partial charge is 0.118 e. The zero-order valence-electron chi connectivity index (χ0n) is 3.44. The Kier molecular flexibility index (Phi) is 1.05. The number of hydrogen-bond acceptors (Lipinski definition) is 3. The first-order valence-electron chi connectivity index (χ1n) is 2.02. The molecule has 1 fully saturated rings. The van der Waals surface area contributed by atoms with Crippen LogP contribution in [0.25, 0.3) is 0 Å². The molecular weight excluding hydrogens is 80.0 g/mol. The van der Waals surface area contributed by atoms with E-state index in [1.165, 1.54) is 0 Å². The molecule has 0 aromatic rings. The van der Waals surface area contributed by atoms with E-state index in [2.05, 4.69) is 10.6 Å². The Morgan fingerprint density at radius 2 is 2.50 bits per heavy atom. The molecule has 6 heavy (non-hydrogen) atoms. The van der Waals surface area contributed by atoms with Gasteiger partial charge in [-0.05, 0) is 0 Å². The largest absolute Gasteiger partial charge is 0.377 e. The summed E-state index contributed by atoms with van der Waals surface area (Å²) in [7, 11) is 0. The minimum atomic E-state index is -0.315. The summed E-state index contributed by atoms with van der Waals surface area (Å²) < 4.78 is 0. The van der Waals surface area contributed by atoms with Gasteiger partial charge in [0, 0.05) is 13.2 Å². The molecule has 0 spiro atoms. The SMILES string of the molecule is OC1CNCN1. The van der Waals surface area contributed by atoms with Gasteiger partial charge in [-0.2, -0.15) is 0 Å². The standard InChI is InChI=1S/C3H8N2O/c6-3-1-4-2-5-3/h3-6H,1-2H2. The van der Waals surface area contributed by atoms with Crippen molar-refractivity contribution in [2.24, 2.45) is 0 Å². The lowest BCUT2D eigenvalue weighted by Gasteiger charge is -1.92. The van der Waals surface area contributed by atoms with E-state index < -0.39 is 0 Å². The average molecular weight is 88.1 g/mol. The van der Waals surface area contributed by atoms with Crippen molar-refractivity contribution in [3.05, 3.63) is 0 Å². The molecule has 1 saturated heterocycles. The molecule has 0 radical (unpaired) electrons. The molecule has 1 aliphatic heterocycles. The van der Waals surface area contributed by atoms with Crippen molar-refractivity contribution in [1.82, 2.24) is 10.6 Å². The highest BCUT2D eigenvalue weighted by Gasteiger charge is 2.06. The maximum atomic E-state index is 8.56. The van der Waals surface area contributed by atoms with Crippen LogP contribution < -0.4 is 10.6 Å². The predicted octanol–water partition coefficient (Wildman–Crippen LogP) is -1.54. The van der Waals surface area contributed by atoms with E-state index in [0.717, 1.165) is 6.67 Å². The Bertz CT molecular complexity index is 42.1. The van der Waals surface area contributed by atoms with Crippen molar-refractivity contribution >= 4 is 0 Å². The van der Waals surface area contributed by atoms with Crippen LogP contribution >= 0.6 is 0 Å². The Hall–Kier alpha value is -0.120. The first kappa shape index (κ1) is 4.05. The van der Waals surface area contributed by atoms with Crippen LogP contribution in [0.1, 0.15) is 0 Å². The first-order chi connectivity index (χ1) is 2.89. The van der Waals surface area contributed by atoms with Crippen LogP contribution in [-0.2, 0) is 0 Å². The maximum Gasteiger partial charge on any atom is 0.118 e. The van der Waals surface area contributed by atoms with Gasteiger partial charge in [-0.3, -0.25) is 5.32 Å². The fourth-order valence-corrected chi connectivity index (χ4v) is 0.471. The number of aliphatic hydroxyl groups excluding tert-OH is 1. The van der Waals surface area contributed by atoms with E-state index in [0.29, 0.717) is 6.54 Å². The van der Waals surface area contributed by atoms with E-state index in [9.17, 15) is 0 Å². The van der Waals surface area contributed by atoms with Crippen molar-refractivity contribution in [2.45, 2.75) is 6.23 Å². The van der Waals surface area contributed by atoms with E-state index >= 15 is 0 Å². The van der Waals surface area contributed by atoms with Gasteiger partial charge in [0.1, 0.15) is 6.23 Å².